The zero-order valence-electron chi connectivity index (χ0n) is 20.1. The normalized spacial score (nSPS) is 11.9. The molecule has 0 aromatic heterocycles. The van der Waals surface area contributed by atoms with Gasteiger partial charge in [0.1, 0.15) is 5.75 Å². The largest absolute Gasteiger partial charge is 0.504 e. The Balaban J connectivity index is 1.85. The van der Waals surface area contributed by atoms with Crippen molar-refractivity contribution in [2.75, 3.05) is 5.32 Å². The van der Waals surface area contributed by atoms with Crippen molar-refractivity contribution in [3.63, 3.8) is 0 Å². The first-order chi connectivity index (χ1) is 15.8. The minimum Gasteiger partial charge on any atom is -0.504 e. The zero-order valence-corrected chi connectivity index (χ0v) is 21.6. The maximum atomic E-state index is 12.7. The number of benzene rings is 2. The summed E-state index contributed by atoms with van der Waals surface area (Å²) >= 11 is 12.2. The molecular formula is C27H37Cl2NO3. The van der Waals surface area contributed by atoms with Crippen LogP contribution in [0.5, 0.6) is 11.5 Å². The number of carbonyl (C=O) groups excluding carboxylic acids is 1. The number of rotatable bonds is 14. The first-order valence-corrected chi connectivity index (χ1v) is 12.8. The van der Waals surface area contributed by atoms with Crippen LogP contribution < -0.4 is 10.1 Å². The Bertz CT molecular complexity index is 901. The Hall–Kier alpha value is -1.91. The van der Waals surface area contributed by atoms with Crippen molar-refractivity contribution in [3.05, 3.63) is 51.5 Å². The maximum Gasteiger partial charge on any atom is 0.265 e. The van der Waals surface area contributed by atoms with E-state index in [2.05, 4.69) is 18.3 Å². The maximum absolute atomic E-state index is 12.7. The molecule has 0 bridgehead atoms. The van der Waals surface area contributed by atoms with E-state index in [9.17, 15) is 9.90 Å². The number of phenolic OH excluding ortho intramolecular Hbond substituents is 1. The van der Waals surface area contributed by atoms with E-state index in [-0.39, 0.29) is 22.4 Å². The summed E-state index contributed by atoms with van der Waals surface area (Å²) in [4.78, 5) is 12.7. The minimum absolute atomic E-state index is 0.123. The number of hydrogen-bond acceptors (Lipinski definition) is 3. The highest BCUT2D eigenvalue weighted by atomic mass is 35.5. The number of carbonyl (C=O) groups is 1. The van der Waals surface area contributed by atoms with Crippen molar-refractivity contribution in [1.29, 1.82) is 0 Å². The van der Waals surface area contributed by atoms with Crippen LogP contribution in [0.2, 0.25) is 10.0 Å². The summed E-state index contributed by atoms with van der Waals surface area (Å²) in [5.41, 5.74) is 1.83. The standard InChI is InChI=1S/C27H37Cl2NO3/c1-4-5-6-7-8-9-10-11-12-15-21-16-13-14-17-24(21)33-20(3)27(32)30-23-18-22(28)19(2)25(29)26(23)31/h13-14,16-18,20,31H,4-12,15H2,1-3H3,(H,30,32). The number of nitrogens with one attached hydrogen (secondary N) is 1. The van der Waals surface area contributed by atoms with Crippen molar-refractivity contribution in [2.24, 2.45) is 0 Å². The third-order valence-electron chi connectivity index (χ3n) is 5.87. The van der Waals surface area contributed by atoms with Crippen molar-refractivity contribution < 1.29 is 14.6 Å². The molecule has 1 amide bonds. The van der Waals surface area contributed by atoms with Gasteiger partial charge in [-0.2, -0.15) is 0 Å². The lowest BCUT2D eigenvalue weighted by Crippen LogP contribution is -2.30. The van der Waals surface area contributed by atoms with E-state index < -0.39 is 6.10 Å². The van der Waals surface area contributed by atoms with Crippen molar-refractivity contribution in [2.45, 2.75) is 91.1 Å². The number of aromatic hydroxyl groups is 1. The van der Waals surface area contributed by atoms with Gasteiger partial charge in [0.05, 0.1) is 10.7 Å². The Labute approximate surface area is 208 Å². The summed E-state index contributed by atoms with van der Waals surface area (Å²) in [7, 11) is 0. The van der Waals surface area contributed by atoms with Gasteiger partial charge in [0.25, 0.3) is 5.91 Å². The van der Waals surface area contributed by atoms with Gasteiger partial charge in [0, 0.05) is 5.02 Å². The van der Waals surface area contributed by atoms with Crippen LogP contribution in [0.15, 0.2) is 30.3 Å². The number of amides is 1. The highest BCUT2D eigenvalue weighted by Gasteiger charge is 2.20. The van der Waals surface area contributed by atoms with Crippen molar-refractivity contribution in [1.82, 2.24) is 0 Å². The number of halogens is 2. The molecule has 2 rings (SSSR count). The summed E-state index contributed by atoms with van der Waals surface area (Å²) in [6.45, 7) is 5.63. The molecule has 0 aliphatic heterocycles. The lowest BCUT2D eigenvalue weighted by molar-refractivity contribution is -0.122. The summed E-state index contributed by atoms with van der Waals surface area (Å²) in [5, 5.41) is 13.4. The molecule has 2 N–H and O–H groups in total. The number of ether oxygens (including phenoxy) is 1. The molecule has 1 atom stereocenters. The van der Waals surface area contributed by atoms with E-state index in [0.717, 1.165) is 18.4 Å². The summed E-state index contributed by atoms with van der Waals surface area (Å²) in [6, 6.07) is 9.33. The summed E-state index contributed by atoms with van der Waals surface area (Å²) in [5.74, 6) is 0.118. The van der Waals surface area contributed by atoms with Gasteiger partial charge >= 0.3 is 0 Å². The average Bonchev–Trinajstić information content (AvgIpc) is 2.81. The second-order valence-corrected chi connectivity index (χ2v) is 9.41. The highest BCUT2D eigenvalue weighted by molar-refractivity contribution is 6.37. The average molecular weight is 495 g/mol. The van der Waals surface area contributed by atoms with E-state index in [1.807, 2.05) is 18.2 Å². The number of phenols is 1. The molecule has 6 heteroatoms. The SMILES string of the molecule is CCCCCCCCCCCc1ccccc1OC(C)C(=O)Nc1cc(Cl)c(C)c(Cl)c1O. The number of hydrogen-bond donors (Lipinski definition) is 2. The molecule has 0 aliphatic carbocycles. The molecule has 2 aromatic rings. The Morgan fingerprint density at radius 1 is 1.03 bits per heavy atom. The highest BCUT2D eigenvalue weighted by Crippen LogP contribution is 2.38. The molecule has 0 fully saturated rings. The summed E-state index contributed by atoms with van der Waals surface area (Å²) < 4.78 is 5.98. The van der Waals surface area contributed by atoms with Gasteiger partial charge in [-0.3, -0.25) is 4.79 Å². The molecule has 4 nitrogen and oxygen atoms in total. The molecule has 2 aromatic carbocycles. The number of para-hydroxylation sites is 1. The van der Waals surface area contributed by atoms with Crippen LogP contribution in [-0.2, 0) is 11.2 Å². The van der Waals surface area contributed by atoms with Crippen LogP contribution in [0.4, 0.5) is 5.69 Å². The second-order valence-electron chi connectivity index (χ2n) is 8.63. The predicted octanol–water partition coefficient (Wildman–Crippen LogP) is 8.49. The Morgan fingerprint density at radius 2 is 1.64 bits per heavy atom. The molecule has 0 spiro atoms. The monoisotopic (exact) mass is 493 g/mol. The molecule has 0 radical (unpaired) electrons. The van der Waals surface area contributed by atoms with Crippen LogP contribution in [0.3, 0.4) is 0 Å². The number of aryl methyl sites for hydroxylation is 1. The van der Waals surface area contributed by atoms with Gasteiger partial charge in [0.15, 0.2) is 11.9 Å². The van der Waals surface area contributed by atoms with Gasteiger partial charge in [-0.25, -0.2) is 0 Å². The van der Waals surface area contributed by atoms with E-state index >= 15 is 0 Å². The molecule has 0 saturated carbocycles. The topological polar surface area (TPSA) is 58.6 Å². The van der Waals surface area contributed by atoms with Crippen LogP contribution >= 0.6 is 23.2 Å². The lowest BCUT2D eigenvalue weighted by atomic mass is 10.0. The third-order valence-corrected chi connectivity index (χ3v) is 6.73. The van der Waals surface area contributed by atoms with Gasteiger partial charge in [-0.1, -0.05) is 99.7 Å². The fourth-order valence-corrected chi connectivity index (χ4v) is 4.18. The third kappa shape index (κ3) is 8.75. The minimum atomic E-state index is -0.757. The van der Waals surface area contributed by atoms with Crippen molar-refractivity contribution in [3.8, 4) is 11.5 Å². The van der Waals surface area contributed by atoms with Gasteiger partial charge < -0.3 is 15.2 Å². The number of anilines is 1. The van der Waals surface area contributed by atoms with Crippen LogP contribution in [0.25, 0.3) is 0 Å². The molecule has 182 valence electrons. The number of unbranched alkanes of at least 4 members (excludes halogenated alkanes) is 8. The van der Waals surface area contributed by atoms with Crippen molar-refractivity contribution >= 4 is 34.8 Å². The van der Waals surface area contributed by atoms with E-state index in [4.69, 9.17) is 27.9 Å². The molecule has 33 heavy (non-hydrogen) atoms. The lowest BCUT2D eigenvalue weighted by Gasteiger charge is -2.18. The first kappa shape index (κ1) is 27.3. The quantitative estimate of drug-likeness (QED) is 0.205. The smallest absolute Gasteiger partial charge is 0.265 e. The van der Waals surface area contributed by atoms with E-state index in [0.29, 0.717) is 16.3 Å². The molecule has 0 aliphatic rings. The van der Waals surface area contributed by atoms with Crippen LogP contribution in [0.1, 0.15) is 82.8 Å². The Morgan fingerprint density at radius 3 is 2.30 bits per heavy atom. The van der Waals surface area contributed by atoms with E-state index in [1.54, 1.807) is 13.8 Å². The second kappa shape index (κ2) is 14.4. The molecule has 0 saturated heterocycles. The summed E-state index contributed by atoms with van der Waals surface area (Å²) in [6.07, 6.45) is 11.7. The van der Waals surface area contributed by atoms with Gasteiger partial charge in [-0.15, -0.1) is 0 Å². The fraction of sp³-hybridized carbons (Fsp3) is 0.519. The first-order valence-electron chi connectivity index (χ1n) is 12.1. The fourth-order valence-electron chi connectivity index (χ4n) is 3.73. The zero-order chi connectivity index (χ0) is 24.2. The van der Waals surface area contributed by atoms with E-state index in [1.165, 1.54) is 57.4 Å². The predicted molar refractivity (Wildman–Crippen MR) is 139 cm³/mol. The van der Waals surface area contributed by atoms with Gasteiger partial charge in [0.2, 0.25) is 0 Å². The Kier molecular flexibility index (Phi) is 11.9. The van der Waals surface area contributed by atoms with Crippen LogP contribution in [-0.4, -0.2) is 17.1 Å². The molecular weight excluding hydrogens is 457 g/mol. The molecule has 0 heterocycles. The van der Waals surface area contributed by atoms with Crippen LogP contribution in [0, 0.1) is 6.92 Å². The van der Waals surface area contributed by atoms with Gasteiger partial charge in [-0.05, 0) is 49.9 Å². The molecule has 1 unspecified atom stereocenters.